The minimum Gasteiger partial charge on any atom is -0.373 e. The maximum Gasteiger partial charge on any atom is 0.225 e. The molecule has 2 aliphatic rings. The van der Waals surface area contributed by atoms with E-state index < -0.39 is 0 Å². The summed E-state index contributed by atoms with van der Waals surface area (Å²) in [5.41, 5.74) is 1.18. The first kappa shape index (κ1) is 15.7. The largest absolute Gasteiger partial charge is 0.373 e. The van der Waals surface area contributed by atoms with Crippen LogP contribution in [0.5, 0.6) is 0 Å². The zero-order valence-corrected chi connectivity index (χ0v) is 14.3. The number of nitrogens with zero attached hydrogens (tertiary/aromatic N) is 3. The summed E-state index contributed by atoms with van der Waals surface area (Å²) >= 11 is 1.75. The van der Waals surface area contributed by atoms with Gasteiger partial charge in [-0.05, 0) is 23.9 Å². The smallest absolute Gasteiger partial charge is 0.225 e. The Hall–Kier alpha value is -1.77. The third kappa shape index (κ3) is 3.09. The Morgan fingerprint density at radius 2 is 2.38 bits per heavy atom. The van der Waals surface area contributed by atoms with Gasteiger partial charge >= 0.3 is 0 Å². The molecular weight excluding hydrogens is 328 g/mol. The number of fused-ring (bicyclic) bond motifs is 1. The van der Waals surface area contributed by atoms with Crippen LogP contribution in [-0.4, -0.2) is 52.3 Å². The number of thiophene rings is 1. The molecule has 0 bridgehead atoms. The van der Waals surface area contributed by atoms with Gasteiger partial charge in [0.2, 0.25) is 5.91 Å². The predicted octanol–water partition coefficient (Wildman–Crippen LogP) is 1.78. The normalized spacial score (nSPS) is 24.0. The average Bonchev–Trinajstić information content (AvgIpc) is 3.24. The van der Waals surface area contributed by atoms with E-state index in [9.17, 15) is 4.79 Å². The second-order valence-electron chi connectivity index (χ2n) is 6.09. The molecule has 0 spiro atoms. The Bertz CT molecular complexity index is 728. The van der Waals surface area contributed by atoms with Gasteiger partial charge in [-0.15, -0.1) is 11.3 Å². The van der Waals surface area contributed by atoms with Gasteiger partial charge in [-0.3, -0.25) is 9.89 Å². The molecule has 2 aromatic rings. The summed E-state index contributed by atoms with van der Waals surface area (Å²) in [5, 5.41) is 9.05. The second kappa shape index (κ2) is 6.62. The van der Waals surface area contributed by atoms with Crippen LogP contribution in [0.25, 0.3) is 0 Å². The highest BCUT2D eigenvalue weighted by molar-refractivity contribution is 7.10. The Kier molecular flexibility index (Phi) is 4.34. The molecule has 7 nitrogen and oxygen atoms in total. The number of H-pyrrole nitrogens is 1. The lowest BCUT2D eigenvalue weighted by atomic mass is 10.0. The van der Waals surface area contributed by atoms with Crippen molar-refractivity contribution >= 4 is 17.2 Å². The Labute approximate surface area is 144 Å². The first-order valence-electron chi connectivity index (χ1n) is 8.17. The highest BCUT2D eigenvalue weighted by atomic mass is 32.1. The van der Waals surface area contributed by atoms with Crippen LogP contribution in [0.15, 0.2) is 11.4 Å². The fourth-order valence-corrected chi connectivity index (χ4v) is 4.13. The summed E-state index contributed by atoms with van der Waals surface area (Å²) in [6.07, 6.45) is 0.932. The lowest BCUT2D eigenvalue weighted by molar-refractivity contribution is -0.142. The van der Waals surface area contributed by atoms with Crippen LogP contribution >= 0.6 is 11.3 Å². The highest BCUT2D eigenvalue weighted by Crippen LogP contribution is 2.33. The number of morpholine rings is 1. The van der Waals surface area contributed by atoms with E-state index in [1.54, 1.807) is 11.3 Å². The van der Waals surface area contributed by atoms with E-state index in [0.29, 0.717) is 38.5 Å². The zero-order chi connectivity index (χ0) is 16.5. The number of ether oxygens (including phenoxy) is 2. The van der Waals surface area contributed by atoms with E-state index >= 15 is 0 Å². The Morgan fingerprint density at radius 1 is 1.46 bits per heavy atom. The zero-order valence-electron chi connectivity index (χ0n) is 13.5. The topological polar surface area (TPSA) is 80.3 Å². The van der Waals surface area contributed by atoms with Gasteiger partial charge < -0.3 is 14.4 Å². The number of amides is 1. The summed E-state index contributed by atoms with van der Waals surface area (Å²) in [7, 11) is 0. The van der Waals surface area contributed by atoms with Crippen molar-refractivity contribution < 1.29 is 14.3 Å². The summed E-state index contributed by atoms with van der Waals surface area (Å²) < 4.78 is 11.6. The SMILES string of the molecule is Cc1nc([C@H]2CN(C(=O)C[C@@H]3OCCc4sccc43)CCO2)n[nH]1. The van der Waals surface area contributed by atoms with Crippen LogP contribution in [0.4, 0.5) is 0 Å². The highest BCUT2D eigenvalue weighted by Gasteiger charge is 2.31. The quantitative estimate of drug-likeness (QED) is 0.914. The molecule has 1 amide bonds. The molecule has 4 heterocycles. The third-order valence-electron chi connectivity index (χ3n) is 4.46. The van der Waals surface area contributed by atoms with Crippen molar-refractivity contribution in [3.63, 3.8) is 0 Å². The third-order valence-corrected chi connectivity index (χ3v) is 5.45. The van der Waals surface area contributed by atoms with E-state index in [1.165, 1.54) is 10.4 Å². The van der Waals surface area contributed by atoms with Gasteiger partial charge in [0.25, 0.3) is 0 Å². The molecule has 2 atom stereocenters. The number of carbonyl (C=O) groups excluding carboxylic acids is 1. The fraction of sp³-hybridized carbons (Fsp3) is 0.562. The monoisotopic (exact) mass is 348 g/mol. The molecule has 128 valence electrons. The summed E-state index contributed by atoms with van der Waals surface area (Å²) in [6.45, 7) is 4.12. The molecule has 1 saturated heterocycles. The fourth-order valence-electron chi connectivity index (χ4n) is 3.22. The van der Waals surface area contributed by atoms with Gasteiger partial charge in [0.1, 0.15) is 11.9 Å². The molecule has 0 aromatic carbocycles. The van der Waals surface area contributed by atoms with Gasteiger partial charge in [-0.1, -0.05) is 0 Å². The summed E-state index contributed by atoms with van der Waals surface area (Å²) in [4.78, 5) is 20.2. The van der Waals surface area contributed by atoms with Gasteiger partial charge in [0, 0.05) is 17.8 Å². The predicted molar refractivity (Wildman–Crippen MR) is 87.7 cm³/mol. The van der Waals surface area contributed by atoms with Crippen molar-refractivity contribution in [2.24, 2.45) is 0 Å². The molecule has 8 heteroatoms. The van der Waals surface area contributed by atoms with Crippen LogP contribution in [0.3, 0.4) is 0 Å². The molecule has 2 aromatic heterocycles. The standard InChI is InChI=1S/C16H20N4O3S/c1-10-17-16(19-18-10)13-9-20(4-6-23-13)15(21)8-12-11-3-7-24-14(11)2-5-22-12/h3,7,12-13H,2,4-6,8-9H2,1H3,(H,17,18,19)/t12-,13+/m0/s1. The number of aryl methyl sites for hydroxylation is 1. The number of aromatic amines is 1. The van der Waals surface area contributed by atoms with Crippen LogP contribution < -0.4 is 0 Å². The van der Waals surface area contributed by atoms with Gasteiger partial charge in [-0.2, -0.15) is 5.10 Å². The number of aromatic nitrogens is 3. The first-order valence-corrected chi connectivity index (χ1v) is 9.05. The number of carbonyl (C=O) groups is 1. The van der Waals surface area contributed by atoms with Crippen molar-refractivity contribution in [2.75, 3.05) is 26.3 Å². The van der Waals surface area contributed by atoms with Crippen LogP contribution in [0.1, 0.15) is 40.7 Å². The maximum atomic E-state index is 12.7. The molecule has 1 N–H and O–H groups in total. The molecule has 4 rings (SSSR count). The van der Waals surface area contributed by atoms with Crippen LogP contribution in [-0.2, 0) is 20.7 Å². The van der Waals surface area contributed by atoms with E-state index in [2.05, 4.69) is 26.6 Å². The second-order valence-corrected chi connectivity index (χ2v) is 7.09. The van der Waals surface area contributed by atoms with Crippen LogP contribution in [0, 0.1) is 6.92 Å². The maximum absolute atomic E-state index is 12.7. The van der Waals surface area contributed by atoms with Crippen LogP contribution in [0.2, 0.25) is 0 Å². The van der Waals surface area contributed by atoms with Crippen molar-refractivity contribution in [1.82, 2.24) is 20.1 Å². The minimum atomic E-state index is -0.267. The number of nitrogens with one attached hydrogen (secondary N) is 1. The lowest BCUT2D eigenvalue weighted by Gasteiger charge is -2.33. The number of hydrogen-bond acceptors (Lipinski definition) is 6. The lowest BCUT2D eigenvalue weighted by Crippen LogP contribution is -2.43. The molecule has 0 unspecified atom stereocenters. The van der Waals surface area contributed by atoms with E-state index in [0.717, 1.165) is 12.2 Å². The number of rotatable bonds is 3. The molecule has 0 radical (unpaired) electrons. The van der Waals surface area contributed by atoms with Gasteiger partial charge in [0.05, 0.1) is 32.3 Å². The Morgan fingerprint density at radius 3 is 3.21 bits per heavy atom. The number of hydrogen-bond donors (Lipinski definition) is 1. The van der Waals surface area contributed by atoms with Gasteiger partial charge in [0.15, 0.2) is 5.82 Å². The molecule has 24 heavy (non-hydrogen) atoms. The molecule has 2 aliphatic heterocycles. The van der Waals surface area contributed by atoms with E-state index in [-0.39, 0.29) is 18.1 Å². The van der Waals surface area contributed by atoms with Crippen molar-refractivity contribution in [2.45, 2.75) is 32.0 Å². The molecule has 1 fully saturated rings. The molecular formula is C16H20N4O3S. The van der Waals surface area contributed by atoms with E-state index in [4.69, 9.17) is 9.47 Å². The van der Waals surface area contributed by atoms with Crippen molar-refractivity contribution in [3.05, 3.63) is 33.5 Å². The minimum absolute atomic E-state index is 0.0969. The summed E-state index contributed by atoms with van der Waals surface area (Å²) in [5.74, 6) is 1.45. The molecule has 0 saturated carbocycles. The van der Waals surface area contributed by atoms with Crippen molar-refractivity contribution in [1.29, 1.82) is 0 Å². The van der Waals surface area contributed by atoms with E-state index in [1.807, 2.05) is 11.8 Å². The average molecular weight is 348 g/mol. The first-order chi connectivity index (χ1) is 11.7. The van der Waals surface area contributed by atoms with Crippen molar-refractivity contribution in [3.8, 4) is 0 Å². The van der Waals surface area contributed by atoms with Gasteiger partial charge in [-0.25, -0.2) is 4.98 Å². The summed E-state index contributed by atoms with van der Waals surface area (Å²) in [6, 6.07) is 2.08. The Balaban J connectivity index is 1.42. The molecule has 0 aliphatic carbocycles.